The molecule has 0 spiro atoms. The maximum Gasteiger partial charge on any atom is 0.123 e. The molecule has 1 heteroatoms. The van der Waals surface area contributed by atoms with E-state index in [1.807, 2.05) is 12.1 Å². The summed E-state index contributed by atoms with van der Waals surface area (Å²) in [7, 11) is 0. The van der Waals surface area contributed by atoms with E-state index in [2.05, 4.69) is 26.0 Å². The van der Waals surface area contributed by atoms with Crippen LogP contribution in [0.2, 0.25) is 0 Å². The summed E-state index contributed by atoms with van der Waals surface area (Å²) in [4.78, 5) is 0. The van der Waals surface area contributed by atoms with Crippen LogP contribution in [0.25, 0.3) is 0 Å². The fourth-order valence-electron chi connectivity index (χ4n) is 1.48. The van der Waals surface area contributed by atoms with Crippen LogP contribution in [0, 0.1) is 6.07 Å². The smallest absolute Gasteiger partial charge is 0.123 e. The number of rotatable bonds is 7. The first-order valence-corrected chi connectivity index (χ1v) is 6.00. The maximum absolute atomic E-state index is 5.74. The van der Waals surface area contributed by atoms with Gasteiger partial charge in [-0.3, -0.25) is 0 Å². The largest absolute Gasteiger partial charge is 0.493 e. The van der Waals surface area contributed by atoms with Gasteiger partial charge in [0.1, 0.15) is 5.75 Å². The number of benzene rings is 1. The van der Waals surface area contributed by atoms with E-state index in [1.54, 1.807) is 0 Å². The molecule has 0 heterocycles. The highest BCUT2D eigenvalue weighted by atomic mass is 16.5. The SMILES string of the molecule is CCCCOc1c[c]ccc1CCCC. The van der Waals surface area contributed by atoms with Gasteiger partial charge in [-0.25, -0.2) is 0 Å². The fourth-order valence-corrected chi connectivity index (χ4v) is 1.48. The minimum Gasteiger partial charge on any atom is -0.493 e. The molecule has 0 aliphatic heterocycles. The molecule has 0 bridgehead atoms. The third-order valence-electron chi connectivity index (χ3n) is 2.47. The molecule has 15 heavy (non-hydrogen) atoms. The molecular formula is C14H21O. The lowest BCUT2D eigenvalue weighted by Crippen LogP contribution is -1.99. The second-order valence-electron chi connectivity index (χ2n) is 3.84. The molecule has 83 valence electrons. The zero-order valence-corrected chi connectivity index (χ0v) is 9.88. The summed E-state index contributed by atoms with van der Waals surface area (Å²) in [5.74, 6) is 1.03. The van der Waals surface area contributed by atoms with E-state index in [4.69, 9.17) is 4.74 Å². The van der Waals surface area contributed by atoms with Crippen LogP contribution in [0.1, 0.15) is 45.1 Å². The standard InChI is InChI=1S/C14H21O/c1-3-5-9-13-10-7-8-11-14(13)15-12-6-4-2/h7,10-11H,3-6,9,12H2,1-2H3. The summed E-state index contributed by atoms with van der Waals surface area (Å²) in [5, 5.41) is 0. The van der Waals surface area contributed by atoms with Crippen molar-refractivity contribution in [1.29, 1.82) is 0 Å². The van der Waals surface area contributed by atoms with E-state index in [0.29, 0.717) is 0 Å². The molecule has 0 aliphatic rings. The Hall–Kier alpha value is -0.980. The first-order valence-electron chi connectivity index (χ1n) is 6.00. The number of unbranched alkanes of at least 4 members (excludes halogenated alkanes) is 2. The molecule has 0 aliphatic carbocycles. The van der Waals surface area contributed by atoms with Crippen LogP contribution in [-0.4, -0.2) is 6.61 Å². The molecule has 0 saturated heterocycles. The normalized spacial score (nSPS) is 10.3. The van der Waals surface area contributed by atoms with Crippen molar-refractivity contribution in [1.82, 2.24) is 0 Å². The number of hydrogen-bond donors (Lipinski definition) is 0. The molecule has 1 aromatic rings. The van der Waals surface area contributed by atoms with Crippen LogP contribution in [0.5, 0.6) is 5.75 Å². The highest BCUT2D eigenvalue weighted by Gasteiger charge is 2.01. The number of ether oxygens (including phenoxy) is 1. The van der Waals surface area contributed by atoms with Crippen molar-refractivity contribution in [3.8, 4) is 5.75 Å². The van der Waals surface area contributed by atoms with E-state index < -0.39 is 0 Å². The molecule has 0 N–H and O–H groups in total. The van der Waals surface area contributed by atoms with Crippen molar-refractivity contribution in [2.75, 3.05) is 6.61 Å². The first-order chi connectivity index (χ1) is 7.38. The topological polar surface area (TPSA) is 9.23 Å². The third kappa shape index (κ3) is 4.37. The molecule has 1 radical (unpaired) electrons. The fraction of sp³-hybridized carbons (Fsp3) is 0.571. The summed E-state index contributed by atoms with van der Waals surface area (Å²) >= 11 is 0. The molecule has 1 nitrogen and oxygen atoms in total. The second kappa shape index (κ2) is 7.33. The van der Waals surface area contributed by atoms with Gasteiger partial charge in [0.15, 0.2) is 0 Å². The summed E-state index contributed by atoms with van der Waals surface area (Å²) < 4.78 is 5.74. The van der Waals surface area contributed by atoms with E-state index in [0.717, 1.165) is 25.2 Å². The molecule has 0 unspecified atom stereocenters. The Morgan fingerprint density at radius 3 is 2.73 bits per heavy atom. The zero-order chi connectivity index (χ0) is 10.9. The maximum atomic E-state index is 5.74. The quantitative estimate of drug-likeness (QED) is 0.611. The average Bonchev–Trinajstić information content (AvgIpc) is 2.28. The summed E-state index contributed by atoms with van der Waals surface area (Å²) in [5.41, 5.74) is 1.33. The Morgan fingerprint density at radius 2 is 2.00 bits per heavy atom. The van der Waals surface area contributed by atoms with E-state index in [9.17, 15) is 0 Å². The van der Waals surface area contributed by atoms with Crippen molar-refractivity contribution in [3.63, 3.8) is 0 Å². The molecule has 0 aromatic heterocycles. The van der Waals surface area contributed by atoms with Gasteiger partial charge in [-0.1, -0.05) is 38.8 Å². The Labute approximate surface area is 93.5 Å². The van der Waals surface area contributed by atoms with Crippen LogP contribution in [-0.2, 0) is 6.42 Å². The minimum atomic E-state index is 0.827. The molecule has 1 aromatic carbocycles. The molecule has 0 amide bonds. The molecule has 0 saturated carbocycles. The molecule has 0 atom stereocenters. The van der Waals surface area contributed by atoms with Gasteiger partial charge in [-0.05, 0) is 37.0 Å². The van der Waals surface area contributed by atoms with Gasteiger partial charge in [-0.2, -0.15) is 0 Å². The average molecular weight is 205 g/mol. The number of hydrogen-bond acceptors (Lipinski definition) is 1. The Kier molecular flexibility index (Phi) is 5.91. The molecular weight excluding hydrogens is 184 g/mol. The van der Waals surface area contributed by atoms with Gasteiger partial charge >= 0.3 is 0 Å². The van der Waals surface area contributed by atoms with Gasteiger partial charge < -0.3 is 4.74 Å². The van der Waals surface area contributed by atoms with Crippen molar-refractivity contribution >= 4 is 0 Å². The molecule has 0 fully saturated rings. The predicted molar refractivity (Wildman–Crippen MR) is 64.3 cm³/mol. The lowest BCUT2D eigenvalue weighted by molar-refractivity contribution is 0.306. The van der Waals surface area contributed by atoms with Crippen molar-refractivity contribution in [2.45, 2.75) is 46.0 Å². The summed E-state index contributed by atoms with van der Waals surface area (Å²) in [6.45, 7) is 5.22. The van der Waals surface area contributed by atoms with Crippen LogP contribution < -0.4 is 4.74 Å². The Balaban J connectivity index is 2.52. The van der Waals surface area contributed by atoms with Crippen LogP contribution >= 0.6 is 0 Å². The summed E-state index contributed by atoms with van der Waals surface area (Å²) in [6.07, 6.45) is 5.89. The van der Waals surface area contributed by atoms with Crippen molar-refractivity contribution in [2.24, 2.45) is 0 Å². The van der Waals surface area contributed by atoms with Crippen LogP contribution in [0.15, 0.2) is 18.2 Å². The predicted octanol–water partition coefficient (Wildman–Crippen LogP) is 4.01. The number of aryl methyl sites for hydroxylation is 1. The van der Waals surface area contributed by atoms with Crippen LogP contribution in [0.4, 0.5) is 0 Å². The Bertz CT molecular complexity index is 268. The summed E-state index contributed by atoms with van der Waals surface area (Å²) in [6, 6.07) is 9.13. The van der Waals surface area contributed by atoms with Crippen molar-refractivity contribution < 1.29 is 4.74 Å². The van der Waals surface area contributed by atoms with E-state index >= 15 is 0 Å². The van der Waals surface area contributed by atoms with Gasteiger partial charge in [0.25, 0.3) is 0 Å². The van der Waals surface area contributed by atoms with E-state index in [-0.39, 0.29) is 0 Å². The van der Waals surface area contributed by atoms with Crippen LogP contribution in [0.3, 0.4) is 0 Å². The minimum absolute atomic E-state index is 0.827. The lowest BCUT2D eigenvalue weighted by Gasteiger charge is -2.10. The Morgan fingerprint density at radius 1 is 1.20 bits per heavy atom. The van der Waals surface area contributed by atoms with E-state index in [1.165, 1.54) is 24.8 Å². The highest BCUT2D eigenvalue weighted by Crippen LogP contribution is 2.20. The monoisotopic (exact) mass is 205 g/mol. The van der Waals surface area contributed by atoms with Gasteiger partial charge in [0, 0.05) is 0 Å². The first kappa shape index (κ1) is 12.1. The van der Waals surface area contributed by atoms with Gasteiger partial charge in [0.05, 0.1) is 6.61 Å². The van der Waals surface area contributed by atoms with Gasteiger partial charge in [0.2, 0.25) is 0 Å². The third-order valence-corrected chi connectivity index (χ3v) is 2.47. The van der Waals surface area contributed by atoms with Gasteiger partial charge in [-0.15, -0.1) is 0 Å². The lowest BCUT2D eigenvalue weighted by atomic mass is 10.1. The highest BCUT2D eigenvalue weighted by molar-refractivity contribution is 5.32. The zero-order valence-electron chi connectivity index (χ0n) is 9.88. The second-order valence-corrected chi connectivity index (χ2v) is 3.84. The molecule has 1 rings (SSSR count). The van der Waals surface area contributed by atoms with Crippen molar-refractivity contribution in [3.05, 3.63) is 29.8 Å².